The summed E-state index contributed by atoms with van der Waals surface area (Å²) in [4.78, 5) is 19.3. The molecule has 152 valence electrons. The lowest BCUT2D eigenvalue weighted by molar-refractivity contribution is 0.111. The van der Waals surface area contributed by atoms with E-state index in [2.05, 4.69) is 47.2 Å². The smallest absolute Gasteiger partial charge is 0.259 e. The van der Waals surface area contributed by atoms with Crippen LogP contribution >= 0.6 is 11.8 Å². The summed E-state index contributed by atoms with van der Waals surface area (Å²) in [5.74, 6) is 0.101. The summed E-state index contributed by atoms with van der Waals surface area (Å²) < 4.78 is 1.75. The summed E-state index contributed by atoms with van der Waals surface area (Å²) in [6.07, 6.45) is 2.06. The molecule has 0 amide bonds. The van der Waals surface area contributed by atoms with Crippen molar-refractivity contribution in [3.8, 4) is 5.75 Å². The van der Waals surface area contributed by atoms with Crippen molar-refractivity contribution < 1.29 is 5.11 Å². The van der Waals surface area contributed by atoms with Gasteiger partial charge in [0.15, 0.2) is 0 Å². The average molecular weight is 402 g/mol. The molecular formula is C22H31N3O2S. The van der Waals surface area contributed by atoms with Crippen molar-refractivity contribution in [2.24, 2.45) is 0 Å². The van der Waals surface area contributed by atoms with Gasteiger partial charge in [-0.2, -0.15) is 0 Å². The topological polar surface area (TPSA) is 48.7 Å². The second-order valence-corrected chi connectivity index (χ2v) is 8.16. The first-order chi connectivity index (χ1) is 13.5. The highest BCUT2D eigenvalue weighted by molar-refractivity contribution is 7.98. The van der Waals surface area contributed by atoms with E-state index >= 15 is 0 Å². The van der Waals surface area contributed by atoms with Crippen LogP contribution in [0.15, 0.2) is 40.0 Å². The number of benzene rings is 1. The summed E-state index contributed by atoms with van der Waals surface area (Å²) >= 11 is 1.70. The predicted octanol–water partition coefficient (Wildman–Crippen LogP) is 3.33. The van der Waals surface area contributed by atoms with E-state index in [1.54, 1.807) is 22.4 Å². The van der Waals surface area contributed by atoms with Gasteiger partial charge in [0.2, 0.25) is 0 Å². The molecular weight excluding hydrogens is 370 g/mol. The number of piperazine rings is 1. The maximum Gasteiger partial charge on any atom is 0.259 e. The van der Waals surface area contributed by atoms with Gasteiger partial charge in [0.25, 0.3) is 5.56 Å². The maximum absolute atomic E-state index is 13.3. The van der Waals surface area contributed by atoms with Crippen LogP contribution in [0.5, 0.6) is 5.75 Å². The van der Waals surface area contributed by atoms with Crippen molar-refractivity contribution in [2.75, 3.05) is 39.0 Å². The fourth-order valence-electron chi connectivity index (χ4n) is 4.10. The Balaban J connectivity index is 2.10. The molecule has 1 aliphatic heterocycles. The van der Waals surface area contributed by atoms with Gasteiger partial charge >= 0.3 is 0 Å². The zero-order chi connectivity index (χ0) is 20.3. The zero-order valence-corrected chi connectivity index (χ0v) is 18.1. The van der Waals surface area contributed by atoms with E-state index in [4.69, 9.17) is 0 Å². The standard InChI is InChI=1S/C22H31N3O2S/c1-5-23-11-13-24(14-12-23)21(17-7-9-18(28-4)10-8-17)20-19(26)15-16(3)25(6-2)22(20)27/h7-10,15,21,26H,5-6,11-14H2,1-4H3/t21-/m1/s1. The quantitative estimate of drug-likeness (QED) is 0.753. The Bertz CT molecular complexity index is 855. The highest BCUT2D eigenvalue weighted by atomic mass is 32.2. The lowest BCUT2D eigenvalue weighted by atomic mass is 9.96. The van der Waals surface area contributed by atoms with Gasteiger partial charge in [0.05, 0.1) is 11.6 Å². The number of thioether (sulfide) groups is 1. The molecule has 0 radical (unpaired) electrons. The van der Waals surface area contributed by atoms with Crippen LogP contribution in [0, 0.1) is 6.92 Å². The van der Waals surface area contributed by atoms with Crippen molar-refractivity contribution >= 4 is 11.8 Å². The molecule has 0 spiro atoms. The molecule has 2 heterocycles. The van der Waals surface area contributed by atoms with Crippen LogP contribution in [0.2, 0.25) is 0 Å². The number of nitrogens with zero attached hydrogens (tertiary/aromatic N) is 3. The second-order valence-electron chi connectivity index (χ2n) is 7.28. The maximum atomic E-state index is 13.3. The van der Waals surface area contributed by atoms with Crippen LogP contribution < -0.4 is 5.56 Å². The first kappa shape index (κ1) is 21.0. The summed E-state index contributed by atoms with van der Waals surface area (Å²) in [5.41, 5.74) is 2.26. The van der Waals surface area contributed by atoms with Crippen LogP contribution in [0.4, 0.5) is 0 Å². The summed E-state index contributed by atoms with van der Waals surface area (Å²) in [5, 5.41) is 10.8. The Kier molecular flexibility index (Phi) is 6.86. The third kappa shape index (κ3) is 4.14. The SMILES string of the molecule is CCN1CCN([C@H](c2ccc(SC)cc2)c2c(O)cc(C)n(CC)c2=O)CC1. The number of aryl methyl sites for hydroxylation is 1. The van der Waals surface area contributed by atoms with Crippen molar-refractivity contribution in [3.63, 3.8) is 0 Å². The Morgan fingerprint density at radius 2 is 1.71 bits per heavy atom. The highest BCUT2D eigenvalue weighted by Gasteiger charge is 2.31. The number of likely N-dealkylation sites (N-methyl/N-ethyl adjacent to an activating group) is 1. The lowest BCUT2D eigenvalue weighted by Crippen LogP contribution is -2.48. The molecule has 2 aromatic rings. The van der Waals surface area contributed by atoms with E-state index in [9.17, 15) is 9.90 Å². The van der Waals surface area contributed by atoms with Gasteiger partial charge in [-0.15, -0.1) is 11.8 Å². The largest absolute Gasteiger partial charge is 0.507 e. The van der Waals surface area contributed by atoms with E-state index < -0.39 is 0 Å². The second kappa shape index (κ2) is 9.16. The average Bonchev–Trinajstić information content (AvgIpc) is 2.71. The van der Waals surface area contributed by atoms with Crippen LogP contribution in [0.3, 0.4) is 0 Å². The molecule has 1 aromatic heterocycles. The minimum atomic E-state index is -0.235. The molecule has 0 unspecified atom stereocenters. The van der Waals surface area contributed by atoms with Gasteiger partial charge in [-0.1, -0.05) is 19.1 Å². The molecule has 1 aliphatic rings. The summed E-state index contributed by atoms with van der Waals surface area (Å²) in [7, 11) is 0. The van der Waals surface area contributed by atoms with E-state index in [1.807, 2.05) is 13.8 Å². The minimum Gasteiger partial charge on any atom is -0.507 e. The van der Waals surface area contributed by atoms with Crippen molar-refractivity contribution in [1.29, 1.82) is 0 Å². The Morgan fingerprint density at radius 1 is 1.07 bits per heavy atom. The Morgan fingerprint density at radius 3 is 2.25 bits per heavy atom. The first-order valence-electron chi connectivity index (χ1n) is 10.0. The predicted molar refractivity (Wildman–Crippen MR) is 117 cm³/mol. The normalized spacial score (nSPS) is 17.0. The molecule has 28 heavy (non-hydrogen) atoms. The summed E-state index contributed by atoms with van der Waals surface area (Å²) in [6, 6.07) is 9.87. The third-order valence-corrected chi connectivity index (χ3v) is 6.51. The first-order valence-corrected chi connectivity index (χ1v) is 11.3. The fraction of sp³-hybridized carbons (Fsp3) is 0.500. The van der Waals surface area contributed by atoms with Crippen molar-refractivity contribution in [1.82, 2.24) is 14.4 Å². The number of hydrogen-bond acceptors (Lipinski definition) is 5. The van der Waals surface area contributed by atoms with E-state index in [0.717, 1.165) is 44.0 Å². The molecule has 0 saturated carbocycles. The zero-order valence-electron chi connectivity index (χ0n) is 17.3. The Hall–Kier alpha value is -1.76. The van der Waals surface area contributed by atoms with Gasteiger partial charge < -0.3 is 14.6 Å². The van der Waals surface area contributed by atoms with Gasteiger partial charge in [-0.3, -0.25) is 9.69 Å². The van der Waals surface area contributed by atoms with Crippen LogP contribution in [-0.2, 0) is 6.54 Å². The molecule has 1 saturated heterocycles. The number of aromatic hydroxyl groups is 1. The molecule has 1 N–H and O–H groups in total. The Labute approximate surface area is 172 Å². The third-order valence-electron chi connectivity index (χ3n) is 5.76. The molecule has 1 atom stereocenters. The van der Waals surface area contributed by atoms with Crippen molar-refractivity contribution in [2.45, 2.75) is 38.3 Å². The molecule has 1 aromatic carbocycles. The van der Waals surface area contributed by atoms with Crippen molar-refractivity contribution in [3.05, 3.63) is 57.5 Å². The van der Waals surface area contributed by atoms with Crippen LogP contribution in [0.25, 0.3) is 0 Å². The van der Waals surface area contributed by atoms with E-state index in [1.165, 1.54) is 4.90 Å². The van der Waals surface area contributed by atoms with Gasteiger partial charge in [-0.25, -0.2) is 0 Å². The van der Waals surface area contributed by atoms with Gasteiger partial charge in [0, 0.05) is 43.3 Å². The van der Waals surface area contributed by atoms with Gasteiger partial charge in [0.1, 0.15) is 5.75 Å². The van der Waals surface area contributed by atoms with Crippen LogP contribution in [0.1, 0.15) is 36.7 Å². The van der Waals surface area contributed by atoms with E-state index in [-0.39, 0.29) is 17.4 Å². The number of pyridine rings is 1. The minimum absolute atomic E-state index is 0.0862. The molecule has 0 aliphatic carbocycles. The fourth-order valence-corrected chi connectivity index (χ4v) is 4.51. The van der Waals surface area contributed by atoms with E-state index in [0.29, 0.717) is 12.1 Å². The van der Waals surface area contributed by atoms with Crippen LogP contribution in [-0.4, -0.2) is 58.5 Å². The number of hydrogen-bond donors (Lipinski definition) is 1. The number of aromatic nitrogens is 1. The highest BCUT2D eigenvalue weighted by Crippen LogP contribution is 2.34. The van der Waals surface area contributed by atoms with Gasteiger partial charge in [-0.05, 0) is 50.4 Å². The molecule has 3 rings (SSSR count). The monoisotopic (exact) mass is 401 g/mol. The summed E-state index contributed by atoms with van der Waals surface area (Å²) in [6.45, 7) is 11.4. The molecule has 1 fully saturated rings. The molecule has 6 heteroatoms. The molecule has 5 nitrogen and oxygen atoms in total. The lowest BCUT2D eigenvalue weighted by Gasteiger charge is -2.39. The molecule has 0 bridgehead atoms. The number of rotatable bonds is 6.